The van der Waals surface area contributed by atoms with Gasteiger partial charge in [0.05, 0.1) is 30.9 Å². The molecule has 5 nitrogen and oxygen atoms in total. The summed E-state index contributed by atoms with van der Waals surface area (Å²) in [5.74, 6) is 1.14. The number of benzene rings is 2. The van der Waals surface area contributed by atoms with Crippen LogP contribution in [0, 0.1) is 11.3 Å². The Balaban J connectivity index is 1.30. The molecule has 2 aliphatic rings. The van der Waals surface area contributed by atoms with Gasteiger partial charge in [-0.1, -0.05) is 60.2 Å². The second kappa shape index (κ2) is 14.3. The van der Waals surface area contributed by atoms with Gasteiger partial charge in [0.25, 0.3) is 0 Å². The summed E-state index contributed by atoms with van der Waals surface area (Å²) in [4.78, 5) is 13.3. The van der Waals surface area contributed by atoms with Gasteiger partial charge in [-0.2, -0.15) is 5.26 Å². The zero-order valence-electron chi connectivity index (χ0n) is 21.4. The van der Waals surface area contributed by atoms with Crippen molar-refractivity contribution < 1.29 is 14.3 Å². The molecule has 0 aromatic heterocycles. The van der Waals surface area contributed by atoms with Crippen molar-refractivity contribution in [3.05, 3.63) is 107 Å². The third-order valence-corrected chi connectivity index (χ3v) is 6.72. The summed E-state index contributed by atoms with van der Waals surface area (Å²) >= 11 is 0. The Labute approximate surface area is 220 Å². The summed E-state index contributed by atoms with van der Waals surface area (Å²) in [5.41, 5.74) is 4.07. The number of carbonyl (C=O) groups is 1. The first-order valence-corrected chi connectivity index (χ1v) is 13.3. The van der Waals surface area contributed by atoms with Crippen LogP contribution in [-0.2, 0) is 20.7 Å². The summed E-state index contributed by atoms with van der Waals surface area (Å²) in [6.45, 7) is 2.02. The maximum atomic E-state index is 13.3. The second-order valence-corrected chi connectivity index (χ2v) is 9.60. The molecule has 5 heteroatoms. The van der Waals surface area contributed by atoms with Crippen molar-refractivity contribution in [2.24, 2.45) is 0 Å². The van der Waals surface area contributed by atoms with Crippen LogP contribution < -0.4 is 5.32 Å². The lowest BCUT2D eigenvalue weighted by Gasteiger charge is -2.27. The highest BCUT2D eigenvalue weighted by Crippen LogP contribution is 2.21. The molecule has 0 saturated carbocycles. The molecule has 1 aliphatic heterocycles. The van der Waals surface area contributed by atoms with Gasteiger partial charge in [-0.05, 0) is 73.9 Å². The number of Topliss-reactive ketones (excluding diaryl/α,β-unsaturated/α-hetero) is 1. The average molecular weight is 497 g/mol. The van der Waals surface area contributed by atoms with Crippen LogP contribution in [0.4, 0.5) is 0 Å². The zero-order chi connectivity index (χ0) is 25.7. The minimum absolute atomic E-state index is 0.168. The number of nitriles is 1. The first-order valence-electron chi connectivity index (χ1n) is 13.3. The van der Waals surface area contributed by atoms with Gasteiger partial charge in [0, 0.05) is 13.0 Å². The lowest BCUT2D eigenvalue weighted by molar-refractivity contribution is -0.121. The second-order valence-electron chi connectivity index (χ2n) is 9.60. The van der Waals surface area contributed by atoms with Crippen LogP contribution in [-0.4, -0.2) is 31.6 Å². The number of nitrogens with zero attached hydrogens (tertiary/aromatic N) is 1. The normalized spacial score (nSPS) is 20.4. The van der Waals surface area contributed by atoms with Gasteiger partial charge < -0.3 is 14.8 Å². The first kappa shape index (κ1) is 26.6. The van der Waals surface area contributed by atoms with Crippen LogP contribution in [0.2, 0.25) is 0 Å². The molecule has 0 amide bonds. The van der Waals surface area contributed by atoms with Crippen molar-refractivity contribution in [1.29, 1.82) is 5.26 Å². The maximum absolute atomic E-state index is 13.3. The molecule has 0 radical (unpaired) electrons. The van der Waals surface area contributed by atoms with Crippen LogP contribution in [0.15, 0.2) is 90.2 Å². The van der Waals surface area contributed by atoms with E-state index in [9.17, 15) is 4.79 Å². The van der Waals surface area contributed by atoms with E-state index in [0.29, 0.717) is 31.7 Å². The fraction of sp³-hybridized carbons (Fsp3) is 0.375. The minimum atomic E-state index is -0.322. The van der Waals surface area contributed by atoms with E-state index in [2.05, 4.69) is 35.7 Å². The molecule has 0 bridgehead atoms. The van der Waals surface area contributed by atoms with E-state index in [1.807, 2.05) is 54.6 Å². The number of ether oxygens (including phenoxy) is 2. The Kier molecular flexibility index (Phi) is 10.3. The van der Waals surface area contributed by atoms with Gasteiger partial charge >= 0.3 is 0 Å². The van der Waals surface area contributed by atoms with E-state index in [1.54, 1.807) is 0 Å². The van der Waals surface area contributed by atoms with E-state index in [1.165, 1.54) is 5.57 Å². The Morgan fingerprint density at radius 2 is 1.81 bits per heavy atom. The van der Waals surface area contributed by atoms with E-state index < -0.39 is 0 Å². The smallest absolute Gasteiger partial charge is 0.154 e. The van der Waals surface area contributed by atoms with Crippen LogP contribution in [0.5, 0.6) is 0 Å². The van der Waals surface area contributed by atoms with Crippen LogP contribution in [0.25, 0.3) is 0 Å². The molecule has 1 fully saturated rings. The Morgan fingerprint density at radius 1 is 1.03 bits per heavy atom. The molecule has 2 aromatic rings. The number of rotatable bonds is 12. The minimum Gasteiger partial charge on any atom is -0.486 e. The monoisotopic (exact) mass is 496 g/mol. The number of nitrogens with one attached hydrogen (secondary N) is 1. The summed E-state index contributed by atoms with van der Waals surface area (Å²) in [7, 11) is 0. The van der Waals surface area contributed by atoms with E-state index in [-0.39, 0.29) is 17.9 Å². The largest absolute Gasteiger partial charge is 0.486 e. The van der Waals surface area contributed by atoms with Crippen molar-refractivity contribution in [2.45, 2.75) is 57.1 Å². The quantitative estimate of drug-likeness (QED) is 0.382. The van der Waals surface area contributed by atoms with E-state index >= 15 is 0 Å². The number of carbonyl (C=O) groups excluding carboxylic acids is 1. The van der Waals surface area contributed by atoms with Crippen LogP contribution >= 0.6 is 0 Å². The molecule has 1 saturated heterocycles. The summed E-state index contributed by atoms with van der Waals surface area (Å²) < 4.78 is 11.2. The molecule has 1 heterocycles. The number of allylic oxidation sites excluding steroid dienone is 5. The third-order valence-electron chi connectivity index (χ3n) is 6.72. The summed E-state index contributed by atoms with van der Waals surface area (Å²) in [5, 5.41) is 12.5. The number of ketones is 1. The topological polar surface area (TPSA) is 71.4 Å². The van der Waals surface area contributed by atoms with Crippen LogP contribution in [0.3, 0.4) is 0 Å². The molecule has 2 aromatic carbocycles. The highest BCUT2D eigenvalue weighted by molar-refractivity contribution is 5.85. The van der Waals surface area contributed by atoms with Gasteiger partial charge in [-0.15, -0.1) is 0 Å². The zero-order valence-corrected chi connectivity index (χ0v) is 21.4. The molecule has 4 rings (SSSR count). The highest BCUT2D eigenvalue weighted by atomic mass is 16.6. The van der Waals surface area contributed by atoms with Crippen molar-refractivity contribution in [3.63, 3.8) is 0 Å². The van der Waals surface area contributed by atoms with Gasteiger partial charge in [-0.3, -0.25) is 4.79 Å². The molecule has 1 aliphatic carbocycles. The van der Waals surface area contributed by atoms with Crippen molar-refractivity contribution >= 4 is 5.78 Å². The SMILES string of the molecule is N#Cc1ccc(CCNC(C(=O)CCCC2=C\CCC/C=C(OC3COC3)/C=C\2)c2ccccc2)cc1. The fourth-order valence-electron chi connectivity index (χ4n) is 4.50. The summed E-state index contributed by atoms with van der Waals surface area (Å²) in [6.07, 6.45) is 15.0. The van der Waals surface area contributed by atoms with Gasteiger partial charge in [0.2, 0.25) is 0 Å². The Morgan fingerprint density at radius 3 is 2.54 bits per heavy atom. The van der Waals surface area contributed by atoms with E-state index in [0.717, 1.165) is 55.4 Å². The molecule has 1 atom stereocenters. The van der Waals surface area contributed by atoms with Gasteiger partial charge in [-0.25, -0.2) is 0 Å². The van der Waals surface area contributed by atoms with Crippen molar-refractivity contribution in [2.75, 3.05) is 19.8 Å². The summed E-state index contributed by atoms with van der Waals surface area (Å²) in [6, 6.07) is 19.4. The molecule has 0 spiro atoms. The molecule has 37 heavy (non-hydrogen) atoms. The van der Waals surface area contributed by atoms with Gasteiger partial charge in [0.15, 0.2) is 5.78 Å². The van der Waals surface area contributed by atoms with E-state index in [4.69, 9.17) is 14.7 Å². The Bertz CT molecular complexity index is 1140. The lowest BCUT2D eigenvalue weighted by Crippen LogP contribution is -2.35. The van der Waals surface area contributed by atoms with Crippen molar-refractivity contribution in [3.8, 4) is 6.07 Å². The third kappa shape index (κ3) is 8.56. The molecule has 1 unspecified atom stereocenters. The highest BCUT2D eigenvalue weighted by Gasteiger charge is 2.21. The molecule has 1 N–H and O–H groups in total. The predicted octanol–water partition coefficient (Wildman–Crippen LogP) is 6.14. The van der Waals surface area contributed by atoms with Crippen LogP contribution in [0.1, 0.15) is 61.3 Å². The predicted molar refractivity (Wildman–Crippen MR) is 146 cm³/mol. The first-order chi connectivity index (χ1) is 18.2. The molecular formula is C32H36N2O3. The molecular weight excluding hydrogens is 460 g/mol. The maximum Gasteiger partial charge on any atom is 0.154 e. The number of hydrogen-bond donors (Lipinski definition) is 1. The van der Waals surface area contributed by atoms with Crippen molar-refractivity contribution in [1.82, 2.24) is 5.32 Å². The Hall–Kier alpha value is -3.46. The lowest BCUT2D eigenvalue weighted by atomic mass is 9.97. The van der Waals surface area contributed by atoms with Gasteiger partial charge in [0.1, 0.15) is 11.9 Å². The molecule has 192 valence electrons. The fourth-order valence-corrected chi connectivity index (χ4v) is 4.50. The standard InChI is InChI=1S/C32H36N2O3/c33-22-27-16-14-26(15-17-27)20-21-34-32(28-10-4-2-5-11-28)31(35)13-7-9-25-8-3-1-6-12-29(19-18-25)37-30-23-36-24-30/h2,4-5,8,10-12,14-19,30,32,34H,1,3,6-7,9,13,20-21,23-24H2/b19-18-,25-8+,29-12-. The average Bonchev–Trinajstić information content (AvgIpc) is 3.02. The number of hydrogen-bond acceptors (Lipinski definition) is 5.